The number of aromatic nitrogens is 3. The first-order valence-corrected chi connectivity index (χ1v) is 5.76. The van der Waals surface area contributed by atoms with Crippen LogP contribution in [0.15, 0.2) is 30.7 Å². The van der Waals surface area contributed by atoms with Crippen molar-refractivity contribution in [2.75, 3.05) is 7.05 Å². The SMILES string of the molecule is CNC(Cc1cnn(C)c1)c1ccnc(C)c1. The van der Waals surface area contributed by atoms with Crippen LogP contribution in [0.25, 0.3) is 0 Å². The van der Waals surface area contributed by atoms with Gasteiger partial charge in [-0.2, -0.15) is 5.10 Å². The van der Waals surface area contributed by atoms with Crippen molar-refractivity contribution in [3.63, 3.8) is 0 Å². The zero-order valence-corrected chi connectivity index (χ0v) is 10.5. The Bertz CT molecular complexity index is 490. The third-order valence-corrected chi connectivity index (χ3v) is 2.87. The molecule has 2 aromatic rings. The van der Waals surface area contributed by atoms with E-state index in [2.05, 4.69) is 33.7 Å². The predicted octanol–water partition coefficient (Wildman–Crippen LogP) is 1.63. The van der Waals surface area contributed by atoms with Gasteiger partial charge in [0.05, 0.1) is 6.20 Å². The zero-order chi connectivity index (χ0) is 12.3. The van der Waals surface area contributed by atoms with E-state index in [1.54, 1.807) is 0 Å². The maximum absolute atomic E-state index is 4.22. The molecule has 1 unspecified atom stereocenters. The van der Waals surface area contributed by atoms with Gasteiger partial charge in [-0.05, 0) is 43.7 Å². The monoisotopic (exact) mass is 230 g/mol. The van der Waals surface area contributed by atoms with Crippen molar-refractivity contribution in [1.29, 1.82) is 0 Å². The van der Waals surface area contributed by atoms with E-state index in [0.29, 0.717) is 6.04 Å². The van der Waals surface area contributed by atoms with Crippen molar-refractivity contribution in [2.45, 2.75) is 19.4 Å². The second kappa shape index (κ2) is 5.10. The average Bonchev–Trinajstić information content (AvgIpc) is 2.72. The first-order chi connectivity index (χ1) is 8.19. The summed E-state index contributed by atoms with van der Waals surface area (Å²) in [5, 5.41) is 7.53. The van der Waals surface area contributed by atoms with Crippen molar-refractivity contribution in [2.24, 2.45) is 7.05 Å². The fourth-order valence-corrected chi connectivity index (χ4v) is 1.98. The fourth-order valence-electron chi connectivity index (χ4n) is 1.98. The van der Waals surface area contributed by atoms with Gasteiger partial charge in [0.15, 0.2) is 0 Å². The lowest BCUT2D eigenvalue weighted by Crippen LogP contribution is -2.18. The Morgan fingerprint density at radius 3 is 2.88 bits per heavy atom. The van der Waals surface area contributed by atoms with Crippen LogP contribution in [0.4, 0.5) is 0 Å². The number of nitrogens with zero attached hydrogens (tertiary/aromatic N) is 3. The Hall–Kier alpha value is -1.68. The molecule has 0 saturated heterocycles. The molecule has 4 heteroatoms. The quantitative estimate of drug-likeness (QED) is 0.868. The Morgan fingerprint density at radius 1 is 1.47 bits per heavy atom. The second-order valence-corrected chi connectivity index (χ2v) is 4.30. The summed E-state index contributed by atoms with van der Waals surface area (Å²) in [5.41, 5.74) is 3.55. The largest absolute Gasteiger partial charge is 0.313 e. The van der Waals surface area contributed by atoms with Gasteiger partial charge >= 0.3 is 0 Å². The van der Waals surface area contributed by atoms with Gasteiger partial charge in [0.1, 0.15) is 0 Å². The summed E-state index contributed by atoms with van der Waals surface area (Å²) in [6.07, 6.45) is 6.77. The topological polar surface area (TPSA) is 42.7 Å². The van der Waals surface area contributed by atoms with Gasteiger partial charge in [-0.1, -0.05) is 0 Å². The van der Waals surface area contributed by atoms with Crippen molar-refractivity contribution < 1.29 is 0 Å². The summed E-state index contributed by atoms with van der Waals surface area (Å²) < 4.78 is 1.83. The highest BCUT2D eigenvalue weighted by atomic mass is 15.2. The molecule has 90 valence electrons. The molecule has 0 bridgehead atoms. The van der Waals surface area contributed by atoms with Gasteiger partial charge in [0, 0.05) is 31.2 Å². The number of aryl methyl sites for hydroxylation is 2. The van der Waals surface area contributed by atoms with Crippen LogP contribution in [0.5, 0.6) is 0 Å². The van der Waals surface area contributed by atoms with E-state index in [0.717, 1.165) is 12.1 Å². The summed E-state index contributed by atoms with van der Waals surface area (Å²) in [7, 11) is 3.92. The highest BCUT2D eigenvalue weighted by Crippen LogP contribution is 2.17. The molecule has 0 aliphatic carbocycles. The molecule has 4 nitrogen and oxygen atoms in total. The summed E-state index contributed by atoms with van der Waals surface area (Å²) in [6.45, 7) is 2.01. The maximum atomic E-state index is 4.22. The third kappa shape index (κ3) is 2.91. The van der Waals surface area contributed by atoms with Crippen molar-refractivity contribution in [3.05, 3.63) is 47.5 Å². The second-order valence-electron chi connectivity index (χ2n) is 4.30. The molecular formula is C13H18N4. The molecule has 0 spiro atoms. The number of hydrogen-bond donors (Lipinski definition) is 1. The number of nitrogens with one attached hydrogen (secondary N) is 1. The average molecular weight is 230 g/mol. The minimum atomic E-state index is 0.306. The standard InChI is InChI=1S/C13H18N4/c1-10-6-12(4-5-15-10)13(14-2)7-11-8-16-17(3)9-11/h4-6,8-9,13-14H,7H2,1-3H3. The highest BCUT2D eigenvalue weighted by Gasteiger charge is 2.11. The van der Waals surface area contributed by atoms with E-state index in [4.69, 9.17) is 0 Å². The minimum Gasteiger partial charge on any atom is -0.313 e. The molecule has 17 heavy (non-hydrogen) atoms. The van der Waals surface area contributed by atoms with Gasteiger partial charge in [-0.25, -0.2) is 0 Å². The Morgan fingerprint density at radius 2 is 2.29 bits per heavy atom. The molecule has 2 aromatic heterocycles. The van der Waals surface area contributed by atoms with Crippen LogP contribution in [-0.2, 0) is 13.5 Å². The van der Waals surface area contributed by atoms with E-state index in [1.165, 1.54) is 11.1 Å². The van der Waals surface area contributed by atoms with Gasteiger partial charge < -0.3 is 5.32 Å². The van der Waals surface area contributed by atoms with Crippen LogP contribution < -0.4 is 5.32 Å². The molecule has 0 fully saturated rings. The Kier molecular flexibility index (Phi) is 3.54. The minimum absolute atomic E-state index is 0.306. The number of hydrogen-bond acceptors (Lipinski definition) is 3. The third-order valence-electron chi connectivity index (χ3n) is 2.87. The van der Waals surface area contributed by atoms with E-state index in [1.807, 2.05) is 38.1 Å². The van der Waals surface area contributed by atoms with Gasteiger partial charge in [0.25, 0.3) is 0 Å². The van der Waals surface area contributed by atoms with E-state index >= 15 is 0 Å². The number of rotatable bonds is 4. The highest BCUT2D eigenvalue weighted by molar-refractivity contribution is 5.22. The molecule has 1 atom stereocenters. The fraction of sp³-hybridized carbons (Fsp3) is 0.385. The Balaban J connectivity index is 2.16. The van der Waals surface area contributed by atoms with Crippen molar-refractivity contribution in [1.82, 2.24) is 20.1 Å². The van der Waals surface area contributed by atoms with Crippen LogP contribution in [0.1, 0.15) is 22.9 Å². The van der Waals surface area contributed by atoms with Gasteiger partial charge in [0.2, 0.25) is 0 Å². The number of pyridine rings is 1. The lowest BCUT2D eigenvalue weighted by Gasteiger charge is -2.15. The molecule has 1 N–H and O–H groups in total. The normalized spacial score (nSPS) is 12.6. The van der Waals surface area contributed by atoms with Crippen LogP contribution in [0.2, 0.25) is 0 Å². The predicted molar refractivity (Wildman–Crippen MR) is 67.7 cm³/mol. The van der Waals surface area contributed by atoms with E-state index in [9.17, 15) is 0 Å². The van der Waals surface area contributed by atoms with Gasteiger partial charge in [-0.3, -0.25) is 9.67 Å². The molecule has 0 aliphatic heterocycles. The maximum Gasteiger partial charge on any atom is 0.0522 e. The summed E-state index contributed by atoms with van der Waals surface area (Å²) in [5.74, 6) is 0. The van der Waals surface area contributed by atoms with Crippen LogP contribution in [0, 0.1) is 6.92 Å². The Labute approximate surface area is 102 Å². The summed E-state index contributed by atoms with van der Waals surface area (Å²) in [4.78, 5) is 4.22. The van der Waals surface area contributed by atoms with Crippen molar-refractivity contribution in [3.8, 4) is 0 Å². The molecule has 0 saturated carbocycles. The van der Waals surface area contributed by atoms with Crippen LogP contribution in [0.3, 0.4) is 0 Å². The summed E-state index contributed by atoms with van der Waals surface area (Å²) in [6, 6.07) is 4.49. The van der Waals surface area contributed by atoms with E-state index in [-0.39, 0.29) is 0 Å². The lowest BCUT2D eigenvalue weighted by atomic mass is 10.0. The first-order valence-electron chi connectivity index (χ1n) is 5.76. The molecule has 0 amide bonds. The summed E-state index contributed by atoms with van der Waals surface area (Å²) >= 11 is 0. The molecule has 0 aromatic carbocycles. The smallest absolute Gasteiger partial charge is 0.0522 e. The molecule has 0 radical (unpaired) electrons. The van der Waals surface area contributed by atoms with Crippen LogP contribution >= 0.6 is 0 Å². The lowest BCUT2D eigenvalue weighted by molar-refractivity contribution is 0.590. The molecule has 2 heterocycles. The van der Waals surface area contributed by atoms with Gasteiger partial charge in [-0.15, -0.1) is 0 Å². The first kappa shape index (κ1) is 11.8. The van der Waals surface area contributed by atoms with Crippen LogP contribution in [-0.4, -0.2) is 21.8 Å². The van der Waals surface area contributed by atoms with Crippen molar-refractivity contribution >= 4 is 0 Å². The van der Waals surface area contributed by atoms with E-state index < -0.39 is 0 Å². The number of likely N-dealkylation sites (N-methyl/N-ethyl adjacent to an activating group) is 1. The molecular weight excluding hydrogens is 212 g/mol. The molecule has 0 aliphatic rings. The molecule has 2 rings (SSSR count). The zero-order valence-electron chi connectivity index (χ0n) is 10.5.